The lowest BCUT2D eigenvalue weighted by molar-refractivity contribution is 0.0751. The number of carbonyl (C=O) groups is 2. The zero-order chi connectivity index (χ0) is 21.1. The summed E-state index contributed by atoms with van der Waals surface area (Å²) in [6, 6.07) is 8.68. The fourth-order valence-electron chi connectivity index (χ4n) is 3.54. The third-order valence-corrected chi connectivity index (χ3v) is 5.17. The van der Waals surface area contributed by atoms with Gasteiger partial charge in [-0.1, -0.05) is 6.07 Å². The molecule has 0 atom stereocenters. The summed E-state index contributed by atoms with van der Waals surface area (Å²) in [5, 5.41) is 0. The number of aryl methyl sites for hydroxylation is 1. The van der Waals surface area contributed by atoms with Crippen LogP contribution in [0.3, 0.4) is 0 Å². The van der Waals surface area contributed by atoms with Crippen molar-refractivity contribution in [3.63, 3.8) is 0 Å². The van der Waals surface area contributed by atoms with Gasteiger partial charge >= 0.3 is 0 Å². The van der Waals surface area contributed by atoms with E-state index in [9.17, 15) is 9.59 Å². The molecular formula is C21H27N7O2. The van der Waals surface area contributed by atoms with Crippen LogP contribution in [0.1, 0.15) is 35.9 Å². The Morgan fingerprint density at radius 2 is 1.90 bits per heavy atom. The number of hydrogen-bond acceptors (Lipinski definition) is 7. The Balaban J connectivity index is 0.00000181. The van der Waals surface area contributed by atoms with Crippen LogP contribution in [0.4, 0.5) is 11.6 Å². The maximum Gasteiger partial charge on any atom is 0.289 e. The highest BCUT2D eigenvalue weighted by Gasteiger charge is 2.24. The van der Waals surface area contributed by atoms with Crippen LogP contribution in [-0.4, -0.2) is 62.3 Å². The summed E-state index contributed by atoms with van der Waals surface area (Å²) in [6.45, 7) is 2.56. The van der Waals surface area contributed by atoms with Crippen LogP contribution < -0.4 is 10.6 Å². The Hall–Kier alpha value is -3.75. The molecule has 0 aromatic carbocycles. The van der Waals surface area contributed by atoms with Crippen LogP contribution >= 0.6 is 0 Å². The largest absolute Gasteiger partial charge is 0.383 e. The van der Waals surface area contributed by atoms with Crippen LogP contribution in [0.25, 0.3) is 0 Å². The molecule has 30 heavy (non-hydrogen) atoms. The van der Waals surface area contributed by atoms with Crippen molar-refractivity contribution in [3.05, 3.63) is 66.0 Å². The van der Waals surface area contributed by atoms with Crippen molar-refractivity contribution in [2.24, 2.45) is 7.05 Å². The fraction of sp³-hybridized carbons (Fsp3) is 0.286. The molecule has 1 aliphatic heterocycles. The van der Waals surface area contributed by atoms with E-state index in [1.165, 1.54) is 0 Å². The number of imidazole rings is 1. The summed E-state index contributed by atoms with van der Waals surface area (Å²) in [4.78, 5) is 42.2. The Morgan fingerprint density at radius 3 is 2.67 bits per heavy atom. The van der Waals surface area contributed by atoms with Crippen LogP contribution in [-0.2, 0) is 7.05 Å². The first-order chi connectivity index (χ1) is 14.5. The Morgan fingerprint density at radius 1 is 1.03 bits per heavy atom. The van der Waals surface area contributed by atoms with Gasteiger partial charge in [-0.2, -0.15) is 0 Å². The summed E-state index contributed by atoms with van der Waals surface area (Å²) in [5.74, 6) is 0.989. The third-order valence-electron chi connectivity index (χ3n) is 5.17. The minimum Gasteiger partial charge on any atom is -0.383 e. The first-order valence-electron chi connectivity index (χ1n) is 9.78. The van der Waals surface area contributed by atoms with E-state index in [1.807, 2.05) is 24.1 Å². The second kappa shape index (κ2) is 8.32. The number of anilines is 2. The van der Waals surface area contributed by atoms with Crippen molar-refractivity contribution in [2.75, 3.05) is 36.8 Å². The smallest absolute Gasteiger partial charge is 0.289 e. The third kappa shape index (κ3) is 3.86. The second-order valence-electron chi connectivity index (χ2n) is 7.14. The number of amides is 1. The number of nitrogen functional groups attached to an aromatic ring is 1. The molecule has 1 fully saturated rings. The Labute approximate surface area is 177 Å². The van der Waals surface area contributed by atoms with Gasteiger partial charge in [0.2, 0.25) is 5.78 Å². The van der Waals surface area contributed by atoms with Gasteiger partial charge < -0.3 is 20.1 Å². The highest BCUT2D eigenvalue weighted by Crippen LogP contribution is 2.18. The van der Waals surface area contributed by atoms with E-state index in [-0.39, 0.29) is 20.4 Å². The quantitative estimate of drug-likeness (QED) is 0.655. The fourth-order valence-corrected chi connectivity index (χ4v) is 3.54. The number of pyridine rings is 2. The van der Waals surface area contributed by atoms with Gasteiger partial charge in [0.1, 0.15) is 17.3 Å². The summed E-state index contributed by atoms with van der Waals surface area (Å²) < 4.78 is 1.73. The summed E-state index contributed by atoms with van der Waals surface area (Å²) in [5.41, 5.74) is 6.50. The normalized spacial score (nSPS) is 14.4. The number of nitrogens with two attached hydrogens (primary N) is 1. The predicted molar refractivity (Wildman–Crippen MR) is 116 cm³/mol. The minimum absolute atomic E-state index is 0. The van der Waals surface area contributed by atoms with Crippen molar-refractivity contribution in [2.45, 2.75) is 6.42 Å². The molecule has 0 unspecified atom stereocenters. The van der Waals surface area contributed by atoms with Crippen molar-refractivity contribution < 1.29 is 12.4 Å². The van der Waals surface area contributed by atoms with Gasteiger partial charge in [-0.05, 0) is 30.7 Å². The van der Waals surface area contributed by atoms with Gasteiger partial charge in [0.05, 0.1) is 5.56 Å². The molecule has 1 saturated heterocycles. The van der Waals surface area contributed by atoms with Gasteiger partial charge in [-0.3, -0.25) is 9.59 Å². The highest BCUT2D eigenvalue weighted by molar-refractivity contribution is 6.10. The number of nitrogens with zero attached hydrogens (tertiary/aromatic N) is 6. The van der Waals surface area contributed by atoms with Crippen molar-refractivity contribution in [1.29, 1.82) is 0 Å². The molecule has 0 radical (unpaired) electrons. The lowest BCUT2D eigenvalue weighted by Crippen LogP contribution is -2.36. The molecule has 4 rings (SSSR count). The summed E-state index contributed by atoms with van der Waals surface area (Å²) in [6.07, 6.45) is 5.73. The highest BCUT2D eigenvalue weighted by atomic mass is 16.2. The Bertz CT molecular complexity index is 1090. The minimum atomic E-state index is -0.260. The molecule has 158 valence electrons. The van der Waals surface area contributed by atoms with Crippen LogP contribution in [0, 0.1) is 0 Å². The second-order valence-corrected chi connectivity index (χ2v) is 7.14. The van der Waals surface area contributed by atoms with E-state index in [0.717, 1.165) is 13.0 Å². The molecule has 1 aliphatic rings. The molecule has 9 nitrogen and oxygen atoms in total. The first kappa shape index (κ1) is 19.6. The standard InChI is InChI=1S/C21H23N7O2.2H2/c1-26-12-9-24-20(26)21(30)28-11-4-10-27(13-14-28)17-7-2-6-16(25-17)18(29)15-5-3-8-23-19(15)22;;/h2-3,5-9,12H,4,10-11,13-14H2,1H3,(H2,22,23);2*1H. The number of aromatic nitrogens is 4. The monoisotopic (exact) mass is 409 g/mol. The van der Waals surface area contributed by atoms with Crippen molar-refractivity contribution in [3.8, 4) is 0 Å². The molecule has 4 heterocycles. The van der Waals surface area contributed by atoms with E-state index in [0.29, 0.717) is 42.5 Å². The number of hydrogen-bond donors (Lipinski definition) is 1. The van der Waals surface area contributed by atoms with E-state index in [2.05, 4.69) is 19.9 Å². The zero-order valence-corrected chi connectivity index (χ0v) is 16.7. The van der Waals surface area contributed by atoms with Crippen molar-refractivity contribution in [1.82, 2.24) is 24.4 Å². The zero-order valence-electron chi connectivity index (χ0n) is 16.7. The van der Waals surface area contributed by atoms with Gasteiger partial charge in [-0.15, -0.1) is 0 Å². The molecule has 2 N–H and O–H groups in total. The molecule has 9 heteroatoms. The number of rotatable bonds is 4. The maximum absolute atomic E-state index is 12.8. The van der Waals surface area contributed by atoms with Gasteiger partial charge in [0, 0.05) is 54.7 Å². The number of carbonyl (C=O) groups excluding carboxylic acids is 2. The van der Waals surface area contributed by atoms with Gasteiger partial charge in [0.25, 0.3) is 5.91 Å². The first-order valence-corrected chi connectivity index (χ1v) is 9.78. The Kier molecular flexibility index (Phi) is 5.42. The van der Waals surface area contributed by atoms with Crippen molar-refractivity contribution >= 4 is 23.3 Å². The molecule has 1 amide bonds. The van der Waals surface area contributed by atoms with E-state index in [1.54, 1.807) is 41.4 Å². The lowest BCUT2D eigenvalue weighted by Gasteiger charge is -2.23. The van der Waals surface area contributed by atoms with Gasteiger partial charge in [0.15, 0.2) is 5.82 Å². The molecule has 3 aromatic rings. The molecular weight excluding hydrogens is 382 g/mol. The number of ketones is 1. The maximum atomic E-state index is 12.8. The average Bonchev–Trinajstić information content (AvgIpc) is 3.04. The van der Waals surface area contributed by atoms with Crippen LogP contribution in [0.15, 0.2) is 48.9 Å². The molecule has 0 aliphatic carbocycles. The molecule has 0 spiro atoms. The summed E-state index contributed by atoms with van der Waals surface area (Å²) >= 11 is 0. The topological polar surface area (TPSA) is 110 Å². The van der Waals surface area contributed by atoms with E-state index >= 15 is 0 Å². The summed E-state index contributed by atoms with van der Waals surface area (Å²) in [7, 11) is 1.81. The predicted octanol–water partition coefficient (Wildman–Crippen LogP) is 1.87. The average molecular weight is 409 g/mol. The van der Waals surface area contributed by atoms with Crippen LogP contribution in [0.2, 0.25) is 0 Å². The van der Waals surface area contributed by atoms with Gasteiger partial charge in [-0.25, -0.2) is 15.0 Å². The molecule has 0 saturated carbocycles. The van der Waals surface area contributed by atoms with E-state index < -0.39 is 0 Å². The molecule has 3 aromatic heterocycles. The lowest BCUT2D eigenvalue weighted by atomic mass is 10.1. The van der Waals surface area contributed by atoms with Crippen LogP contribution in [0.5, 0.6) is 0 Å². The molecule has 0 bridgehead atoms. The van der Waals surface area contributed by atoms with E-state index in [4.69, 9.17) is 5.73 Å². The SMILES string of the molecule is Cn1ccnc1C(=O)N1CCCN(c2cccc(C(=O)c3cccnc3N)n2)CC1.[HH].[HH].